The molecule has 1 N–H and O–H groups in total. The smallest absolute Gasteiger partial charge is 0.353 e. The summed E-state index contributed by atoms with van der Waals surface area (Å²) in [5, 5.41) is 2.92. The summed E-state index contributed by atoms with van der Waals surface area (Å²) in [6.07, 6.45) is -4.43. The highest BCUT2D eigenvalue weighted by Gasteiger charge is 2.31. The van der Waals surface area contributed by atoms with Crippen LogP contribution in [0.4, 0.5) is 29.5 Å². The van der Waals surface area contributed by atoms with E-state index in [0.717, 1.165) is 23.4 Å². The van der Waals surface area contributed by atoms with Crippen LogP contribution < -0.4 is 10.2 Å². The first-order valence-electron chi connectivity index (χ1n) is 10.6. The largest absolute Gasteiger partial charge is 0.416 e. The minimum atomic E-state index is -4.43. The maximum absolute atomic E-state index is 13.1. The Morgan fingerprint density at radius 1 is 0.939 bits per heavy atom. The van der Waals surface area contributed by atoms with E-state index in [9.17, 15) is 18.0 Å². The monoisotopic (exact) mass is 455 g/mol. The summed E-state index contributed by atoms with van der Waals surface area (Å²) in [6.45, 7) is 5.86. The Balaban J connectivity index is 1.46. The van der Waals surface area contributed by atoms with Gasteiger partial charge in [-0.15, -0.1) is 0 Å². The summed E-state index contributed by atoms with van der Waals surface area (Å²) in [5.74, 6) is 0.879. The van der Waals surface area contributed by atoms with E-state index in [-0.39, 0.29) is 11.9 Å². The number of hydrogen-bond acceptors (Lipinski definition) is 4. The van der Waals surface area contributed by atoms with Gasteiger partial charge >= 0.3 is 12.2 Å². The number of piperazine rings is 1. The fourth-order valence-corrected chi connectivity index (χ4v) is 3.74. The molecule has 2 aromatic carbocycles. The molecule has 0 atom stereocenters. The van der Waals surface area contributed by atoms with Gasteiger partial charge in [-0.1, -0.05) is 24.3 Å². The van der Waals surface area contributed by atoms with Gasteiger partial charge in [0.2, 0.25) is 0 Å². The van der Waals surface area contributed by atoms with Crippen LogP contribution in [0.5, 0.6) is 0 Å². The Hall–Kier alpha value is -3.62. The molecule has 2 amide bonds. The predicted octanol–water partition coefficient (Wildman–Crippen LogP) is 5.13. The van der Waals surface area contributed by atoms with Crippen LogP contribution in [0.25, 0.3) is 11.4 Å². The van der Waals surface area contributed by atoms with Crippen LogP contribution in [0.15, 0.2) is 54.6 Å². The molecule has 2 heterocycles. The molecule has 1 aromatic heterocycles. The van der Waals surface area contributed by atoms with E-state index in [1.807, 2.05) is 36.1 Å². The molecule has 33 heavy (non-hydrogen) atoms. The van der Waals surface area contributed by atoms with Crippen LogP contribution in [0, 0.1) is 13.8 Å². The number of aromatic nitrogens is 2. The van der Waals surface area contributed by atoms with Crippen molar-refractivity contribution in [3.8, 4) is 11.4 Å². The molecule has 172 valence electrons. The number of nitrogens with one attached hydrogen (secondary N) is 1. The van der Waals surface area contributed by atoms with Crippen molar-refractivity contribution >= 4 is 17.5 Å². The molecule has 9 heteroatoms. The van der Waals surface area contributed by atoms with Crippen molar-refractivity contribution in [2.24, 2.45) is 0 Å². The summed E-state index contributed by atoms with van der Waals surface area (Å²) in [4.78, 5) is 25.2. The highest BCUT2D eigenvalue weighted by atomic mass is 19.4. The summed E-state index contributed by atoms with van der Waals surface area (Å²) in [7, 11) is 0. The molecular weight excluding hydrogens is 431 g/mol. The van der Waals surface area contributed by atoms with Crippen molar-refractivity contribution in [2.45, 2.75) is 20.0 Å². The van der Waals surface area contributed by atoms with Gasteiger partial charge in [0, 0.05) is 49.2 Å². The molecule has 0 saturated carbocycles. The molecule has 0 aliphatic carbocycles. The SMILES string of the molecule is Cc1cccc(NC(=O)N2CCN(c3cc(C)nc(-c4cccc(C(F)(F)F)c4)n3)CC2)c1. The fraction of sp³-hybridized carbons (Fsp3) is 0.292. The quantitative estimate of drug-likeness (QED) is 0.595. The van der Waals surface area contributed by atoms with E-state index in [1.165, 1.54) is 6.07 Å². The lowest BCUT2D eigenvalue weighted by molar-refractivity contribution is -0.137. The maximum Gasteiger partial charge on any atom is 0.416 e. The second kappa shape index (κ2) is 9.09. The van der Waals surface area contributed by atoms with Gasteiger partial charge in [0.15, 0.2) is 5.82 Å². The molecule has 0 bridgehead atoms. The molecule has 6 nitrogen and oxygen atoms in total. The molecular formula is C24H24F3N5O. The zero-order valence-electron chi connectivity index (χ0n) is 18.4. The number of rotatable bonds is 3. The van der Waals surface area contributed by atoms with Crippen molar-refractivity contribution in [1.29, 1.82) is 0 Å². The Morgan fingerprint density at radius 3 is 2.36 bits per heavy atom. The molecule has 4 rings (SSSR count). The van der Waals surface area contributed by atoms with Gasteiger partial charge in [-0.05, 0) is 43.7 Å². The lowest BCUT2D eigenvalue weighted by Crippen LogP contribution is -2.50. The third kappa shape index (κ3) is 5.42. The lowest BCUT2D eigenvalue weighted by atomic mass is 10.1. The zero-order chi connectivity index (χ0) is 23.6. The van der Waals surface area contributed by atoms with Crippen molar-refractivity contribution < 1.29 is 18.0 Å². The molecule has 1 fully saturated rings. The van der Waals surface area contributed by atoms with E-state index in [0.29, 0.717) is 43.3 Å². The predicted molar refractivity (Wildman–Crippen MR) is 121 cm³/mol. The number of urea groups is 1. The topological polar surface area (TPSA) is 61.4 Å². The van der Waals surface area contributed by atoms with Gasteiger partial charge in [-0.3, -0.25) is 0 Å². The van der Waals surface area contributed by atoms with Crippen LogP contribution >= 0.6 is 0 Å². The van der Waals surface area contributed by atoms with Crippen molar-refractivity contribution in [3.05, 3.63) is 71.4 Å². The Morgan fingerprint density at radius 2 is 1.67 bits per heavy atom. The Labute approximate surface area is 190 Å². The molecule has 1 saturated heterocycles. The number of carbonyl (C=O) groups is 1. The standard InChI is InChI=1S/C24H24F3N5O/c1-16-5-3-8-20(13-16)29-23(33)32-11-9-31(10-12-32)21-14-17(2)28-22(30-21)18-6-4-7-19(15-18)24(25,26)27/h3-8,13-15H,9-12H2,1-2H3,(H,29,33). The highest BCUT2D eigenvalue weighted by Crippen LogP contribution is 2.32. The average molecular weight is 455 g/mol. The van der Waals surface area contributed by atoms with Crippen LogP contribution in [-0.4, -0.2) is 47.1 Å². The summed E-state index contributed by atoms with van der Waals surface area (Å²) < 4.78 is 39.3. The first-order valence-corrected chi connectivity index (χ1v) is 10.6. The first-order chi connectivity index (χ1) is 15.7. The number of hydrogen-bond donors (Lipinski definition) is 1. The number of anilines is 2. The number of aryl methyl sites for hydroxylation is 2. The number of amides is 2. The van der Waals surface area contributed by atoms with E-state index >= 15 is 0 Å². The van der Waals surface area contributed by atoms with Gasteiger partial charge < -0.3 is 15.1 Å². The highest BCUT2D eigenvalue weighted by molar-refractivity contribution is 5.89. The zero-order valence-corrected chi connectivity index (χ0v) is 18.4. The lowest BCUT2D eigenvalue weighted by Gasteiger charge is -2.35. The molecule has 0 radical (unpaired) electrons. The fourth-order valence-electron chi connectivity index (χ4n) is 3.74. The molecule has 3 aromatic rings. The number of halogens is 3. The number of benzene rings is 2. The maximum atomic E-state index is 13.1. The van der Waals surface area contributed by atoms with Crippen LogP contribution in [0.3, 0.4) is 0 Å². The second-order valence-electron chi connectivity index (χ2n) is 8.04. The van der Waals surface area contributed by atoms with Crippen molar-refractivity contribution in [1.82, 2.24) is 14.9 Å². The number of nitrogens with zero attached hydrogens (tertiary/aromatic N) is 4. The first kappa shape index (κ1) is 22.6. The summed E-state index contributed by atoms with van der Waals surface area (Å²) in [5.41, 5.74) is 2.05. The van der Waals surface area contributed by atoms with Gasteiger partial charge in [-0.2, -0.15) is 13.2 Å². The van der Waals surface area contributed by atoms with E-state index in [4.69, 9.17) is 0 Å². The van der Waals surface area contributed by atoms with Gasteiger partial charge in [0.05, 0.1) is 5.56 Å². The van der Waals surface area contributed by atoms with E-state index < -0.39 is 11.7 Å². The molecule has 1 aliphatic rings. The molecule has 1 aliphatic heterocycles. The normalized spacial score (nSPS) is 14.3. The van der Waals surface area contributed by atoms with Crippen LogP contribution in [0.2, 0.25) is 0 Å². The van der Waals surface area contributed by atoms with E-state index in [1.54, 1.807) is 24.0 Å². The van der Waals surface area contributed by atoms with Crippen molar-refractivity contribution in [3.63, 3.8) is 0 Å². The molecule has 0 spiro atoms. The van der Waals surface area contributed by atoms with Gasteiger partial charge in [0.1, 0.15) is 5.82 Å². The Bertz CT molecular complexity index is 1160. The second-order valence-corrected chi connectivity index (χ2v) is 8.04. The number of alkyl halides is 3. The summed E-state index contributed by atoms with van der Waals surface area (Å²) in [6, 6.07) is 14.3. The van der Waals surface area contributed by atoms with Crippen molar-refractivity contribution in [2.75, 3.05) is 36.4 Å². The van der Waals surface area contributed by atoms with E-state index in [2.05, 4.69) is 15.3 Å². The van der Waals surface area contributed by atoms with Crippen LogP contribution in [0.1, 0.15) is 16.8 Å². The third-order valence-electron chi connectivity index (χ3n) is 5.45. The third-order valence-corrected chi connectivity index (χ3v) is 5.45. The minimum absolute atomic E-state index is 0.163. The van der Waals surface area contributed by atoms with Gasteiger partial charge in [0.25, 0.3) is 0 Å². The number of carbonyl (C=O) groups excluding carboxylic acids is 1. The minimum Gasteiger partial charge on any atom is -0.353 e. The van der Waals surface area contributed by atoms with Gasteiger partial charge in [-0.25, -0.2) is 14.8 Å². The average Bonchev–Trinajstić information content (AvgIpc) is 2.78. The Kier molecular flexibility index (Phi) is 6.22. The summed E-state index contributed by atoms with van der Waals surface area (Å²) >= 11 is 0. The van der Waals surface area contributed by atoms with Crippen LogP contribution in [-0.2, 0) is 6.18 Å². The molecule has 0 unspecified atom stereocenters.